The van der Waals surface area contributed by atoms with E-state index in [0.29, 0.717) is 5.56 Å². The van der Waals surface area contributed by atoms with Crippen molar-refractivity contribution in [1.82, 2.24) is 0 Å². The van der Waals surface area contributed by atoms with Gasteiger partial charge in [0.1, 0.15) is 22.7 Å². The average Bonchev–Trinajstić information content (AvgIpc) is 2.99. The second-order valence-corrected chi connectivity index (χ2v) is 5.87. The van der Waals surface area contributed by atoms with Gasteiger partial charge in [-0.05, 0) is 44.2 Å². The lowest BCUT2D eigenvalue weighted by Crippen LogP contribution is -2.06. The highest BCUT2D eigenvalue weighted by atomic mass is 19.1. The summed E-state index contributed by atoms with van der Waals surface area (Å²) in [6.07, 6.45) is -1.13. The molecule has 3 aromatic rings. The van der Waals surface area contributed by atoms with E-state index in [1.807, 2.05) is 0 Å². The van der Waals surface area contributed by atoms with E-state index < -0.39 is 22.8 Å². The smallest absolute Gasteiger partial charge is 0.342 e. The number of esters is 1. The average molecular weight is 373 g/mol. The van der Waals surface area contributed by atoms with Crippen molar-refractivity contribution < 1.29 is 28.4 Å². The summed E-state index contributed by atoms with van der Waals surface area (Å²) in [5, 5.41) is 21.5. The van der Waals surface area contributed by atoms with Crippen molar-refractivity contribution >= 4 is 22.6 Å². The number of ether oxygens (including phenoxy) is 1. The molecular weight excluding hydrogens is 357 g/mol. The zero-order valence-electron chi connectivity index (χ0n) is 14.6. The number of benzene rings is 2. The highest BCUT2D eigenvalue weighted by Crippen LogP contribution is 2.39. The highest BCUT2D eigenvalue weighted by molar-refractivity contribution is 6.09. The topological polar surface area (TPSA) is 103 Å². The van der Waals surface area contributed by atoms with Crippen LogP contribution in [0.2, 0.25) is 0 Å². The fourth-order valence-corrected chi connectivity index (χ4v) is 2.85. The van der Waals surface area contributed by atoms with Gasteiger partial charge in [0, 0.05) is 10.9 Å². The van der Waals surface area contributed by atoms with Crippen LogP contribution in [0.25, 0.3) is 22.3 Å². The van der Waals surface area contributed by atoms with Gasteiger partial charge in [-0.25, -0.2) is 9.18 Å². The molecule has 0 spiro atoms. The maximum atomic E-state index is 13.2. The largest absolute Gasteiger partial charge is 0.462 e. The summed E-state index contributed by atoms with van der Waals surface area (Å²) in [5.41, 5.74) is 0.289. The molecule has 8 heteroatoms. The van der Waals surface area contributed by atoms with Crippen LogP contribution in [0.3, 0.4) is 0 Å². The lowest BCUT2D eigenvalue weighted by Gasteiger charge is -2.06. The first-order chi connectivity index (χ1) is 12.8. The van der Waals surface area contributed by atoms with Crippen molar-refractivity contribution in [2.75, 3.05) is 6.61 Å². The molecule has 3 rings (SSSR count). The predicted octanol–water partition coefficient (Wildman–Crippen LogP) is 4.38. The summed E-state index contributed by atoms with van der Waals surface area (Å²) >= 11 is 0. The molecule has 1 unspecified atom stereocenters. The Morgan fingerprint density at radius 2 is 2.00 bits per heavy atom. The minimum absolute atomic E-state index is 0.0458. The number of carbonyl (C=O) groups is 1. The van der Waals surface area contributed by atoms with E-state index in [9.17, 15) is 24.4 Å². The Kier molecular flexibility index (Phi) is 4.91. The Labute approximate surface area is 153 Å². The predicted molar refractivity (Wildman–Crippen MR) is 94.9 cm³/mol. The Balaban J connectivity index is 2.34. The molecule has 0 fully saturated rings. The number of aliphatic hydroxyl groups is 1. The van der Waals surface area contributed by atoms with Crippen molar-refractivity contribution in [3.63, 3.8) is 0 Å². The van der Waals surface area contributed by atoms with Gasteiger partial charge >= 0.3 is 5.97 Å². The lowest BCUT2D eigenvalue weighted by molar-refractivity contribution is -0.386. The number of aliphatic hydroxyl groups excluding tert-OH is 1. The number of hydrogen-bond acceptors (Lipinski definition) is 6. The van der Waals surface area contributed by atoms with Crippen LogP contribution >= 0.6 is 0 Å². The van der Waals surface area contributed by atoms with E-state index in [1.165, 1.54) is 37.3 Å². The van der Waals surface area contributed by atoms with E-state index in [1.54, 1.807) is 6.92 Å². The molecule has 0 saturated carbocycles. The third-order valence-electron chi connectivity index (χ3n) is 4.07. The van der Waals surface area contributed by atoms with Gasteiger partial charge in [0.25, 0.3) is 5.69 Å². The maximum Gasteiger partial charge on any atom is 0.342 e. The SMILES string of the molecule is CCOC(=O)c1c(-c2ccc(F)cc2)oc2cc([N+](=O)[O-])c(C(C)O)cc12. The summed E-state index contributed by atoms with van der Waals surface area (Å²) < 4.78 is 24.0. The minimum atomic E-state index is -1.13. The number of fused-ring (bicyclic) bond motifs is 1. The molecule has 140 valence electrons. The monoisotopic (exact) mass is 373 g/mol. The Hall–Kier alpha value is -3.26. The molecule has 0 amide bonds. The van der Waals surface area contributed by atoms with E-state index in [-0.39, 0.29) is 40.2 Å². The number of nitro groups is 1. The van der Waals surface area contributed by atoms with Crippen LogP contribution in [-0.4, -0.2) is 22.6 Å². The van der Waals surface area contributed by atoms with Gasteiger partial charge < -0.3 is 14.3 Å². The number of nitrogens with zero attached hydrogens (tertiary/aromatic N) is 1. The number of furan rings is 1. The van der Waals surface area contributed by atoms with Crippen molar-refractivity contribution in [3.8, 4) is 11.3 Å². The molecule has 1 atom stereocenters. The van der Waals surface area contributed by atoms with Crippen LogP contribution in [0.5, 0.6) is 0 Å². The fraction of sp³-hybridized carbons (Fsp3) is 0.211. The number of halogens is 1. The molecule has 1 heterocycles. The van der Waals surface area contributed by atoms with Crippen molar-refractivity contribution in [3.05, 3.63) is 63.5 Å². The number of rotatable bonds is 5. The second kappa shape index (κ2) is 7.16. The molecule has 1 aromatic heterocycles. The van der Waals surface area contributed by atoms with E-state index in [2.05, 4.69) is 0 Å². The summed E-state index contributed by atoms with van der Waals surface area (Å²) in [5.74, 6) is -1.03. The summed E-state index contributed by atoms with van der Waals surface area (Å²) in [7, 11) is 0. The summed E-state index contributed by atoms with van der Waals surface area (Å²) in [6.45, 7) is 3.15. The first-order valence-electron chi connectivity index (χ1n) is 8.19. The van der Waals surface area contributed by atoms with Gasteiger partial charge in [0.05, 0.1) is 29.3 Å². The maximum absolute atomic E-state index is 13.2. The standard InChI is InChI=1S/C19H16FNO6/c1-3-26-19(23)17-14-8-13(10(2)22)15(21(24)25)9-16(14)27-18(17)11-4-6-12(20)7-5-11/h4-10,22H,3H2,1-2H3. The molecule has 1 N–H and O–H groups in total. The van der Waals surface area contributed by atoms with Crippen LogP contribution in [0.1, 0.15) is 35.9 Å². The molecule has 0 aliphatic rings. The van der Waals surface area contributed by atoms with Gasteiger partial charge in [0.2, 0.25) is 0 Å². The molecule has 0 aliphatic heterocycles. The first kappa shape index (κ1) is 18.5. The van der Waals surface area contributed by atoms with Crippen molar-refractivity contribution in [2.24, 2.45) is 0 Å². The fourth-order valence-electron chi connectivity index (χ4n) is 2.85. The third kappa shape index (κ3) is 3.39. The van der Waals surface area contributed by atoms with Gasteiger partial charge in [-0.3, -0.25) is 10.1 Å². The highest BCUT2D eigenvalue weighted by Gasteiger charge is 2.28. The summed E-state index contributed by atoms with van der Waals surface area (Å²) in [6, 6.07) is 7.79. The van der Waals surface area contributed by atoms with Crippen molar-refractivity contribution in [1.29, 1.82) is 0 Å². The van der Waals surface area contributed by atoms with E-state index in [0.717, 1.165) is 6.07 Å². The molecule has 0 radical (unpaired) electrons. The van der Waals surface area contributed by atoms with Crippen LogP contribution in [-0.2, 0) is 4.74 Å². The number of hydrogen-bond donors (Lipinski definition) is 1. The molecule has 2 aromatic carbocycles. The zero-order valence-corrected chi connectivity index (χ0v) is 14.6. The number of nitro benzene ring substituents is 1. The molecule has 0 saturated heterocycles. The normalized spacial score (nSPS) is 12.1. The zero-order chi connectivity index (χ0) is 19.7. The van der Waals surface area contributed by atoms with Gasteiger partial charge in [-0.15, -0.1) is 0 Å². The molecule has 0 aliphatic carbocycles. The van der Waals surface area contributed by atoms with Crippen LogP contribution in [0.4, 0.5) is 10.1 Å². The van der Waals surface area contributed by atoms with Crippen LogP contribution in [0, 0.1) is 15.9 Å². The molecular formula is C19H16FNO6. The summed E-state index contributed by atoms with van der Waals surface area (Å²) in [4.78, 5) is 23.2. The minimum Gasteiger partial charge on any atom is -0.462 e. The first-order valence-corrected chi connectivity index (χ1v) is 8.19. The van der Waals surface area contributed by atoms with Crippen LogP contribution in [0.15, 0.2) is 40.8 Å². The Morgan fingerprint density at radius 3 is 2.56 bits per heavy atom. The van der Waals surface area contributed by atoms with Crippen molar-refractivity contribution in [2.45, 2.75) is 20.0 Å². The van der Waals surface area contributed by atoms with Crippen LogP contribution < -0.4 is 0 Å². The quantitative estimate of drug-likeness (QED) is 0.404. The van der Waals surface area contributed by atoms with Gasteiger partial charge in [-0.1, -0.05) is 0 Å². The Morgan fingerprint density at radius 1 is 1.33 bits per heavy atom. The van der Waals surface area contributed by atoms with E-state index in [4.69, 9.17) is 9.15 Å². The number of carbonyl (C=O) groups excluding carboxylic acids is 1. The van der Waals surface area contributed by atoms with Gasteiger partial charge in [0.15, 0.2) is 0 Å². The molecule has 7 nitrogen and oxygen atoms in total. The Bertz CT molecular complexity index is 1020. The van der Waals surface area contributed by atoms with E-state index >= 15 is 0 Å². The molecule has 27 heavy (non-hydrogen) atoms. The lowest BCUT2D eigenvalue weighted by atomic mass is 10.0. The third-order valence-corrected chi connectivity index (χ3v) is 4.07. The molecule has 0 bridgehead atoms. The second-order valence-electron chi connectivity index (χ2n) is 5.87. The van der Waals surface area contributed by atoms with Gasteiger partial charge in [-0.2, -0.15) is 0 Å².